The van der Waals surface area contributed by atoms with Crippen LogP contribution in [0.25, 0.3) is 0 Å². The first-order valence-corrected chi connectivity index (χ1v) is 12.5. The van der Waals surface area contributed by atoms with Gasteiger partial charge in [0.15, 0.2) is 0 Å². The van der Waals surface area contributed by atoms with Gasteiger partial charge in [0, 0.05) is 17.3 Å². The molecule has 5 heteroatoms. The third-order valence-electron chi connectivity index (χ3n) is 6.55. The van der Waals surface area contributed by atoms with Gasteiger partial charge in [-0.05, 0) is 85.7 Å². The van der Waals surface area contributed by atoms with Crippen LogP contribution in [0.3, 0.4) is 0 Å². The van der Waals surface area contributed by atoms with E-state index in [1.54, 1.807) is 6.07 Å². The highest BCUT2D eigenvalue weighted by Crippen LogP contribution is 2.50. The average molecular weight is 445 g/mol. The fraction of sp³-hybridized carbons (Fsp3) is 0.259. The first-order chi connectivity index (χ1) is 15.3. The van der Waals surface area contributed by atoms with E-state index in [2.05, 4.69) is 53.4 Å². The number of anilines is 2. The van der Waals surface area contributed by atoms with E-state index in [0.29, 0.717) is 16.5 Å². The Balaban J connectivity index is 1.49. The SMILES string of the molecule is Cc1ccc([C@H]2Nc3ccc(S(=O)(=O)Nc4cc(C)cc(C)c4)cc3[C@H]3C=CC[C@H]32)cc1. The van der Waals surface area contributed by atoms with Crippen molar-refractivity contribution in [3.63, 3.8) is 0 Å². The molecule has 1 aliphatic carbocycles. The van der Waals surface area contributed by atoms with Crippen LogP contribution in [0.4, 0.5) is 11.4 Å². The number of hydrogen-bond donors (Lipinski definition) is 2. The van der Waals surface area contributed by atoms with Crippen LogP contribution >= 0.6 is 0 Å². The van der Waals surface area contributed by atoms with Crippen LogP contribution in [-0.2, 0) is 10.0 Å². The Morgan fingerprint density at radius 1 is 0.875 bits per heavy atom. The molecule has 0 fully saturated rings. The van der Waals surface area contributed by atoms with E-state index in [4.69, 9.17) is 0 Å². The maximum Gasteiger partial charge on any atom is 0.261 e. The number of aryl methyl sites for hydroxylation is 3. The smallest absolute Gasteiger partial charge is 0.261 e. The van der Waals surface area contributed by atoms with Crippen molar-refractivity contribution in [2.75, 3.05) is 10.0 Å². The molecule has 3 atom stereocenters. The van der Waals surface area contributed by atoms with E-state index < -0.39 is 10.0 Å². The number of nitrogens with one attached hydrogen (secondary N) is 2. The van der Waals surface area contributed by atoms with Gasteiger partial charge in [0.25, 0.3) is 10.0 Å². The highest BCUT2D eigenvalue weighted by atomic mass is 32.2. The van der Waals surface area contributed by atoms with Crippen LogP contribution in [0, 0.1) is 26.7 Å². The van der Waals surface area contributed by atoms with Gasteiger partial charge in [-0.3, -0.25) is 4.72 Å². The number of benzene rings is 3. The molecular formula is C27H28N2O2S. The lowest BCUT2D eigenvalue weighted by Crippen LogP contribution is -2.29. The highest BCUT2D eigenvalue weighted by Gasteiger charge is 2.38. The molecule has 1 aliphatic heterocycles. The fourth-order valence-electron chi connectivity index (χ4n) is 5.09. The summed E-state index contributed by atoms with van der Waals surface area (Å²) < 4.78 is 29.1. The minimum atomic E-state index is -3.68. The van der Waals surface area contributed by atoms with Crippen molar-refractivity contribution in [2.45, 2.75) is 44.0 Å². The van der Waals surface area contributed by atoms with Crippen LogP contribution in [0.2, 0.25) is 0 Å². The summed E-state index contributed by atoms with van der Waals surface area (Å²) >= 11 is 0. The van der Waals surface area contributed by atoms with Crippen LogP contribution in [-0.4, -0.2) is 8.42 Å². The van der Waals surface area contributed by atoms with Crippen molar-refractivity contribution in [1.29, 1.82) is 0 Å². The third-order valence-corrected chi connectivity index (χ3v) is 7.93. The molecule has 32 heavy (non-hydrogen) atoms. The number of sulfonamides is 1. The molecule has 2 N–H and O–H groups in total. The molecule has 0 radical (unpaired) electrons. The minimum absolute atomic E-state index is 0.203. The van der Waals surface area contributed by atoms with Gasteiger partial charge >= 0.3 is 0 Å². The molecule has 1 heterocycles. The summed E-state index contributed by atoms with van der Waals surface area (Å²) in [6.45, 7) is 6.03. The fourth-order valence-corrected chi connectivity index (χ4v) is 6.17. The monoisotopic (exact) mass is 444 g/mol. The molecule has 0 saturated heterocycles. The van der Waals surface area contributed by atoms with E-state index in [1.165, 1.54) is 11.1 Å². The Kier molecular flexibility index (Phi) is 5.09. The molecule has 0 amide bonds. The normalized spacial score (nSPS) is 21.5. The first-order valence-electron chi connectivity index (χ1n) is 11.0. The number of rotatable bonds is 4. The predicted octanol–water partition coefficient (Wildman–Crippen LogP) is 6.24. The number of fused-ring (bicyclic) bond motifs is 3. The molecule has 2 aliphatic rings. The van der Waals surface area contributed by atoms with Crippen molar-refractivity contribution < 1.29 is 8.42 Å². The van der Waals surface area contributed by atoms with Crippen LogP contribution in [0.15, 0.2) is 77.7 Å². The third kappa shape index (κ3) is 3.82. The molecule has 4 nitrogen and oxygen atoms in total. The van der Waals surface area contributed by atoms with E-state index in [1.807, 2.05) is 44.2 Å². The maximum atomic E-state index is 13.2. The van der Waals surface area contributed by atoms with Gasteiger partial charge < -0.3 is 5.32 Å². The van der Waals surface area contributed by atoms with Crippen molar-refractivity contribution in [1.82, 2.24) is 0 Å². The Bertz CT molecular complexity index is 1290. The van der Waals surface area contributed by atoms with Gasteiger partial charge in [0.05, 0.1) is 10.9 Å². The minimum Gasteiger partial charge on any atom is -0.378 e. The van der Waals surface area contributed by atoms with Gasteiger partial charge in [-0.1, -0.05) is 48.0 Å². The van der Waals surface area contributed by atoms with Crippen molar-refractivity contribution in [3.8, 4) is 0 Å². The molecule has 3 aromatic rings. The van der Waals surface area contributed by atoms with E-state index in [9.17, 15) is 8.42 Å². The molecular weight excluding hydrogens is 416 g/mol. The van der Waals surface area contributed by atoms with Gasteiger partial charge in [-0.2, -0.15) is 0 Å². The van der Waals surface area contributed by atoms with E-state index in [0.717, 1.165) is 28.8 Å². The van der Waals surface area contributed by atoms with E-state index >= 15 is 0 Å². The Labute approximate surface area is 190 Å². The predicted molar refractivity (Wildman–Crippen MR) is 131 cm³/mol. The first kappa shape index (κ1) is 20.8. The molecule has 0 spiro atoms. The molecule has 164 valence electrons. The lowest BCUT2D eigenvalue weighted by Gasteiger charge is -2.37. The second-order valence-corrected chi connectivity index (χ2v) is 10.8. The second-order valence-electron chi connectivity index (χ2n) is 9.12. The molecule has 0 saturated carbocycles. The zero-order chi connectivity index (χ0) is 22.5. The highest BCUT2D eigenvalue weighted by molar-refractivity contribution is 7.92. The maximum absolute atomic E-state index is 13.2. The topological polar surface area (TPSA) is 58.2 Å². The van der Waals surface area contributed by atoms with E-state index in [-0.39, 0.29) is 12.0 Å². The van der Waals surface area contributed by atoms with Gasteiger partial charge in [-0.15, -0.1) is 0 Å². The Morgan fingerprint density at radius 2 is 1.59 bits per heavy atom. The van der Waals surface area contributed by atoms with Crippen molar-refractivity contribution >= 4 is 21.4 Å². The second kappa shape index (κ2) is 7.82. The lowest BCUT2D eigenvalue weighted by molar-refractivity contribution is 0.425. The summed E-state index contributed by atoms with van der Waals surface area (Å²) in [6.07, 6.45) is 5.44. The van der Waals surface area contributed by atoms with Gasteiger partial charge in [-0.25, -0.2) is 8.42 Å². The zero-order valence-electron chi connectivity index (χ0n) is 18.6. The van der Waals surface area contributed by atoms with Gasteiger partial charge in [0.1, 0.15) is 0 Å². The summed E-state index contributed by atoms with van der Waals surface area (Å²) in [7, 11) is -3.68. The zero-order valence-corrected chi connectivity index (χ0v) is 19.4. The van der Waals surface area contributed by atoms with Crippen LogP contribution in [0.1, 0.15) is 46.2 Å². The van der Waals surface area contributed by atoms with Crippen LogP contribution in [0.5, 0.6) is 0 Å². The largest absolute Gasteiger partial charge is 0.378 e. The number of allylic oxidation sites excluding steroid dienone is 2. The molecule has 3 aromatic carbocycles. The summed E-state index contributed by atoms with van der Waals surface area (Å²) in [4.78, 5) is 0.296. The summed E-state index contributed by atoms with van der Waals surface area (Å²) in [5.74, 6) is 0.574. The molecule has 0 bridgehead atoms. The quantitative estimate of drug-likeness (QED) is 0.468. The molecule has 5 rings (SSSR count). The van der Waals surface area contributed by atoms with Crippen molar-refractivity contribution in [3.05, 3.63) is 101 Å². The Morgan fingerprint density at radius 3 is 2.31 bits per heavy atom. The summed E-state index contributed by atoms with van der Waals surface area (Å²) in [5.41, 5.74) is 7.22. The summed E-state index contributed by atoms with van der Waals surface area (Å²) in [5, 5.41) is 3.69. The standard InChI is InChI=1S/C27H28N2O2S/c1-17-7-9-20(10-8-17)27-24-6-4-5-23(24)25-16-22(11-12-26(25)28-27)32(30,31)29-21-14-18(2)13-19(3)15-21/h4-5,7-16,23-24,27-29H,6H2,1-3H3/t23-,24+,27+/m0/s1. The van der Waals surface area contributed by atoms with Crippen LogP contribution < -0.4 is 10.0 Å². The molecule has 0 aromatic heterocycles. The summed E-state index contributed by atoms with van der Waals surface area (Å²) in [6, 6.07) is 20.1. The number of hydrogen-bond acceptors (Lipinski definition) is 3. The van der Waals surface area contributed by atoms with Gasteiger partial charge in [0.2, 0.25) is 0 Å². The van der Waals surface area contributed by atoms with Crippen molar-refractivity contribution in [2.24, 2.45) is 5.92 Å². The molecule has 0 unspecified atom stereocenters. The average Bonchev–Trinajstić information content (AvgIpc) is 3.22. The Hall–Kier alpha value is -3.05. The lowest BCUT2D eigenvalue weighted by atomic mass is 9.77.